The Bertz CT molecular complexity index is 381. The van der Waals surface area contributed by atoms with Crippen molar-refractivity contribution in [3.63, 3.8) is 0 Å². The maximum atomic E-state index is 10.9. The lowest BCUT2D eigenvalue weighted by atomic mass is 10.5. The monoisotopic (exact) mass is 207 g/mol. The number of hydrogen-bond acceptors (Lipinski definition) is 7. The zero-order valence-electron chi connectivity index (χ0n) is 6.72. The van der Waals surface area contributed by atoms with Crippen LogP contribution in [0, 0.1) is 0 Å². The molecule has 1 unspecified atom stereocenters. The number of rotatable bonds is 1. The predicted octanol–water partition coefficient (Wildman–Crippen LogP) is -2.01. The number of hydrogen-bond donors (Lipinski definition) is 4. The molecule has 0 aliphatic carbocycles. The van der Waals surface area contributed by atoms with Crippen molar-refractivity contribution in [3.05, 3.63) is 10.8 Å². The van der Waals surface area contributed by atoms with Crippen LogP contribution in [0.5, 0.6) is 0 Å². The average molecular weight is 207 g/mol. The summed E-state index contributed by atoms with van der Waals surface area (Å²) in [5.41, 5.74) is 5.03. The minimum atomic E-state index is -3.57. The van der Waals surface area contributed by atoms with Crippen molar-refractivity contribution in [2.24, 2.45) is 10.7 Å². The number of aliphatic hydroxyl groups is 2. The normalized spacial score (nSPS) is 28.8. The van der Waals surface area contributed by atoms with Crippen LogP contribution in [0.15, 0.2) is 15.8 Å². The van der Waals surface area contributed by atoms with Crippen molar-refractivity contribution in [2.45, 2.75) is 5.97 Å². The summed E-state index contributed by atoms with van der Waals surface area (Å²) >= 11 is 0. The van der Waals surface area contributed by atoms with Gasteiger partial charge in [0.25, 0.3) is 5.97 Å². The quantitative estimate of drug-likeness (QED) is 0.368. The summed E-state index contributed by atoms with van der Waals surface area (Å²) < 4.78 is 21.9. The molecule has 7 nitrogen and oxygen atoms in total. The highest BCUT2D eigenvalue weighted by Gasteiger charge is 2.28. The van der Waals surface area contributed by atoms with Crippen molar-refractivity contribution in [3.8, 4) is 0 Å². The molecule has 1 rings (SSSR count). The van der Waals surface area contributed by atoms with Crippen LogP contribution in [0.2, 0.25) is 0 Å². The fourth-order valence-corrected chi connectivity index (χ4v) is 1.40. The van der Waals surface area contributed by atoms with Crippen molar-refractivity contribution in [1.29, 1.82) is 0 Å². The van der Waals surface area contributed by atoms with Crippen LogP contribution in [0.25, 0.3) is 0 Å². The molecule has 0 aromatic carbocycles. The van der Waals surface area contributed by atoms with Crippen LogP contribution in [-0.2, 0) is 9.84 Å². The first kappa shape index (κ1) is 9.96. The number of nitrogens with one attached hydrogen (secondary N) is 1. The standard InChI is InChI=1S/C5H9N3O4S/c1-13(11,12)3-2-7-5(6,10)8-4(3)9/h2,8-10H,6H2,1H3. The first-order valence-electron chi connectivity index (χ1n) is 3.20. The second-order valence-corrected chi connectivity index (χ2v) is 4.58. The van der Waals surface area contributed by atoms with Gasteiger partial charge < -0.3 is 10.2 Å². The van der Waals surface area contributed by atoms with Crippen molar-refractivity contribution in [2.75, 3.05) is 6.26 Å². The Balaban J connectivity index is 3.13. The summed E-state index contributed by atoms with van der Waals surface area (Å²) in [5, 5.41) is 20.0. The van der Waals surface area contributed by atoms with E-state index in [0.717, 1.165) is 12.5 Å². The van der Waals surface area contributed by atoms with Crippen LogP contribution < -0.4 is 11.1 Å². The van der Waals surface area contributed by atoms with Gasteiger partial charge in [0.2, 0.25) is 5.88 Å². The van der Waals surface area contributed by atoms with E-state index < -0.39 is 26.6 Å². The number of allylic oxidation sites excluding steroid dienone is 1. The predicted molar refractivity (Wildman–Crippen MR) is 45.3 cm³/mol. The molecule has 13 heavy (non-hydrogen) atoms. The summed E-state index contributed by atoms with van der Waals surface area (Å²) in [4.78, 5) is 2.85. The molecular weight excluding hydrogens is 198 g/mol. The fourth-order valence-electron chi connectivity index (χ4n) is 0.758. The van der Waals surface area contributed by atoms with E-state index >= 15 is 0 Å². The van der Waals surface area contributed by atoms with Crippen molar-refractivity contribution < 1.29 is 18.6 Å². The largest absolute Gasteiger partial charge is 0.494 e. The molecular formula is C5H9N3O4S. The zero-order valence-corrected chi connectivity index (χ0v) is 7.54. The van der Waals surface area contributed by atoms with Gasteiger partial charge in [0.1, 0.15) is 4.91 Å². The van der Waals surface area contributed by atoms with Crippen LogP contribution in [-0.4, -0.2) is 37.1 Å². The Labute approximate surface area is 74.5 Å². The summed E-state index contributed by atoms with van der Waals surface area (Å²) in [5.74, 6) is -2.87. The molecule has 0 fully saturated rings. The van der Waals surface area contributed by atoms with Crippen LogP contribution in [0.3, 0.4) is 0 Å². The maximum absolute atomic E-state index is 10.9. The minimum Gasteiger partial charge on any atom is -0.494 e. The van der Waals surface area contributed by atoms with E-state index in [4.69, 9.17) is 15.9 Å². The smallest absolute Gasteiger partial charge is 0.297 e. The lowest BCUT2D eigenvalue weighted by Gasteiger charge is -2.23. The van der Waals surface area contributed by atoms with Crippen LogP contribution in [0.4, 0.5) is 0 Å². The van der Waals surface area contributed by atoms with Crippen LogP contribution in [0.1, 0.15) is 0 Å². The molecule has 0 aromatic rings. The number of nitrogens with two attached hydrogens (primary N) is 1. The molecule has 0 saturated heterocycles. The maximum Gasteiger partial charge on any atom is 0.297 e. The number of sulfone groups is 1. The second-order valence-electron chi connectivity index (χ2n) is 2.59. The van der Waals surface area contributed by atoms with E-state index in [9.17, 15) is 8.42 Å². The van der Waals surface area contributed by atoms with Gasteiger partial charge in [0.15, 0.2) is 9.84 Å². The highest BCUT2D eigenvalue weighted by molar-refractivity contribution is 7.95. The van der Waals surface area contributed by atoms with Gasteiger partial charge >= 0.3 is 0 Å². The van der Waals surface area contributed by atoms with Gasteiger partial charge in [-0.1, -0.05) is 0 Å². The second kappa shape index (κ2) is 2.69. The molecule has 0 spiro atoms. The van der Waals surface area contributed by atoms with E-state index in [1.54, 1.807) is 0 Å². The number of nitrogens with zero attached hydrogens (tertiary/aromatic N) is 1. The third kappa shape index (κ3) is 2.17. The lowest BCUT2D eigenvalue weighted by molar-refractivity contribution is 0.0162. The molecule has 0 aromatic heterocycles. The molecule has 0 amide bonds. The highest BCUT2D eigenvalue weighted by Crippen LogP contribution is 2.12. The molecule has 0 bridgehead atoms. The molecule has 1 aliphatic heterocycles. The Kier molecular flexibility index (Phi) is 2.06. The van der Waals surface area contributed by atoms with Crippen molar-refractivity contribution >= 4 is 16.1 Å². The van der Waals surface area contributed by atoms with Crippen molar-refractivity contribution in [1.82, 2.24) is 5.32 Å². The molecule has 0 radical (unpaired) electrons. The molecule has 1 heterocycles. The first-order chi connectivity index (χ1) is 5.72. The fraction of sp³-hybridized carbons (Fsp3) is 0.400. The van der Waals surface area contributed by atoms with Gasteiger partial charge in [0, 0.05) is 6.26 Å². The van der Waals surface area contributed by atoms with E-state index in [2.05, 4.69) is 4.99 Å². The third-order valence-electron chi connectivity index (χ3n) is 1.31. The Morgan fingerprint density at radius 3 is 2.62 bits per heavy atom. The minimum absolute atomic E-state index is 0.414. The van der Waals surface area contributed by atoms with E-state index in [-0.39, 0.29) is 0 Å². The summed E-state index contributed by atoms with van der Waals surface area (Å²) in [6, 6.07) is 0. The van der Waals surface area contributed by atoms with Crippen LogP contribution >= 0.6 is 0 Å². The number of aliphatic hydroxyl groups excluding tert-OH is 1. The molecule has 5 N–H and O–H groups in total. The summed E-state index contributed by atoms with van der Waals surface area (Å²) in [7, 11) is -3.57. The first-order valence-corrected chi connectivity index (χ1v) is 5.09. The number of aliphatic imine (C=N–C) groups is 1. The van der Waals surface area contributed by atoms with E-state index in [0.29, 0.717) is 0 Å². The zero-order chi connectivity index (χ0) is 10.3. The van der Waals surface area contributed by atoms with Gasteiger partial charge in [0.05, 0.1) is 6.21 Å². The topological polar surface area (TPSA) is 125 Å². The molecule has 8 heteroatoms. The van der Waals surface area contributed by atoms with E-state index in [1.165, 1.54) is 0 Å². The Morgan fingerprint density at radius 1 is 1.69 bits per heavy atom. The van der Waals surface area contributed by atoms with E-state index in [1.807, 2.05) is 5.32 Å². The third-order valence-corrected chi connectivity index (χ3v) is 2.41. The molecule has 1 aliphatic rings. The van der Waals surface area contributed by atoms with Gasteiger partial charge in [-0.05, 0) is 0 Å². The van der Waals surface area contributed by atoms with Gasteiger partial charge in [-0.15, -0.1) is 0 Å². The lowest BCUT2D eigenvalue weighted by Crippen LogP contribution is -2.53. The SMILES string of the molecule is CS(=O)(=O)C1=C(O)NC(N)(O)N=C1. The highest BCUT2D eigenvalue weighted by atomic mass is 32.2. The molecule has 0 saturated carbocycles. The average Bonchev–Trinajstić information content (AvgIpc) is 1.80. The summed E-state index contributed by atoms with van der Waals surface area (Å²) in [6.07, 6.45) is 1.69. The summed E-state index contributed by atoms with van der Waals surface area (Å²) in [6.45, 7) is 0. The molecule has 1 atom stereocenters. The van der Waals surface area contributed by atoms with Gasteiger partial charge in [-0.3, -0.25) is 11.1 Å². The molecule has 74 valence electrons. The van der Waals surface area contributed by atoms with Gasteiger partial charge in [-0.25, -0.2) is 13.4 Å². The Morgan fingerprint density at radius 2 is 2.23 bits per heavy atom. The van der Waals surface area contributed by atoms with Gasteiger partial charge in [-0.2, -0.15) is 0 Å². The Hall–Kier alpha value is -1.12.